The zero-order chi connectivity index (χ0) is 16.1. The Bertz CT molecular complexity index is 680. The third-order valence-electron chi connectivity index (χ3n) is 2.74. The van der Waals surface area contributed by atoms with Crippen LogP contribution in [0.25, 0.3) is 0 Å². The highest BCUT2D eigenvalue weighted by molar-refractivity contribution is 6.32. The van der Waals surface area contributed by atoms with Crippen molar-refractivity contribution in [2.24, 2.45) is 0 Å². The zero-order valence-electron chi connectivity index (χ0n) is 11.5. The Morgan fingerprint density at radius 3 is 2.64 bits per heavy atom. The second-order valence-electron chi connectivity index (χ2n) is 4.21. The van der Waals surface area contributed by atoms with Gasteiger partial charge in [0.15, 0.2) is 0 Å². The lowest BCUT2D eigenvalue weighted by Crippen LogP contribution is -2.12. The smallest absolute Gasteiger partial charge is 0.387 e. The van der Waals surface area contributed by atoms with Crippen LogP contribution >= 0.6 is 11.6 Å². The molecular formula is C15H12ClF2NO3. The summed E-state index contributed by atoms with van der Waals surface area (Å²) in [5.41, 5.74) is 0.753. The Labute approximate surface area is 130 Å². The average molecular weight is 328 g/mol. The molecule has 0 aliphatic rings. The summed E-state index contributed by atoms with van der Waals surface area (Å²) in [5, 5.41) is 2.58. The van der Waals surface area contributed by atoms with Gasteiger partial charge in [-0.1, -0.05) is 17.7 Å². The first kappa shape index (κ1) is 16.0. The molecule has 7 heteroatoms. The summed E-state index contributed by atoms with van der Waals surface area (Å²) in [5.74, 6) is 0.0138. The van der Waals surface area contributed by atoms with Crippen LogP contribution in [-0.2, 0) is 0 Å². The molecule has 2 rings (SSSR count). The molecule has 0 aliphatic heterocycles. The van der Waals surface area contributed by atoms with Crippen molar-refractivity contribution < 1.29 is 23.0 Å². The summed E-state index contributed by atoms with van der Waals surface area (Å²) >= 11 is 5.82. The Kier molecular flexibility index (Phi) is 5.16. The van der Waals surface area contributed by atoms with Gasteiger partial charge in [-0.15, -0.1) is 0 Å². The van der Waals surface area contributed by atoms with Crippen molar-refractivity contribution in [2.45, 2.75) is 6.61 Å². The van der Waals surface area contributed by atoms with E-state index >= 15 is 0 Å². The van der Waals surface area contributed by atoms with Crippen LogP contribution in [0.2, 0.25) is 5.02 Å². The minimum absolute atomic E-state index is 0.0243. The lowest BCUT2D eigenvalue weighted by atomic mass is 10.2. The lowest BCUT2D eigenvalue weighted by Gasteiger charge is -2.10. The fourth-order valence-corrected chi connectivity index (χ4v) is 1.96. The molecule has 0 saturated carbocycles. The maximum Gasteiger partial charge on any atom is 0.387 e. The maximum atomic E-state index is 12.1. The summed E-state index contributed by atoms with van der Waals surface area (Å²) in [7, 11) is 1.50. The Morgan fingerprint density at radius 2 is 2.00 bits per heavy atom. The molecule has 2 aromatic carbocycles. The van der Waals surface area contributed by atoms with Crippen molar-refractivity contribution in [2.75, 3.05) is 12.4 Å². The number of nitrogens with one attached hydrogen (secondary N) is 1. The van der Waals surface area contributed by atoms with Gasteiger partial charge < -0.3 is 14.8 Å². The Hall–Kier alpha value is -2.34. The van der Waals surface area contributed by atoms with E-state index < -0.39 is 6.61 Å². The molecule has 1 amide bonds. The van der Waals surface area contributed by atoms with Crippen LogP contribution in [0.3, 0.4) is 0 Å². The molecular weight excluding hydrogens is 316 g/mol. The SMILES string of the molecule is COc1cccc(C(=O)Nc2ccc(OC(F)F)c(Cl)c2)c1. The molecule has 4 nitrogen and oxygen atoms in total. The largest absolute Gasteiger partial charge is 0.497 e. The number of carbonyl (C=O) groups excluding carboxylic acids is 1. The van der Waals surface area contributed by atoms with E-state index in [1.54, 1.807) is 24.3 Å². The van der Waals surface area contributed by atoms with Crippen LogP contribution in [0.4, 0.5) is 14.5 Å². The van der Waals surface area contributed by atoms with Gasteiger partial charge in [0.1, 0.15) is 11.5 Å². The summed E-state index contributed by atoms with van der Waals surface area (Å²) < 4.78 is 33.5. The standard InChI is InChI=1S/C15H12ClF2NO3/c1-21-11-4-2-3-9(7-11)14(20)19-10-5-6-13(12(16)8-10)22-15(17)18/h2-8,15H,1H3,(H,19,20). The second kappa shape index (κ2) is 7.09. The molecule has 0 spiro atoms. The normalized spacial score (nSPS) is 10.4. The van der Waals surface area contributed by atoms with Crippen molar-refractivity contribution in [3.05, 3.63) is 53.1 Å². The molecule has 0 aromatic heterocycles. The first-order valence-corrected chi connectivity index (χ1v) is 6.57. The number of anilines is 1. The highest BCUT2D eigenvalue weighted by Crippen LogP contribution is 2.29. The van der Waals surface area contributed by atoms with Gasteiger partial charge in [0.25, 0.3) is 5.91 Å². The van der Waals surface area contributed by atoms with Crippen molar-refractivity contribution in [3.8, 4) is 11.5 Å². The first-order valence-electron chi connectivity index (χ1n) is 6.19. The van der Waals surface area contributed by atoms with E-state index in [4.69, 9.17) is 16.3 Å². The Morgan fingerprint density at radius 1 is 1.23 bits per heavy atom. The van der Waals surface area contributed by atoms with E-state index in [2.05, 4.69) is 10.1 Å². The zero-order valence-corrected chi connectivity index (χ0v) is 12.2. The van der Waals surface area contributed by atoms with Gasteiger partial charge in [-0.2, -0.15) is 8.78 Å². The van der Waals surface area contributed by atoms with Gasteiger partial charge in [-0.05, 0) is 36.4 Å². The van der Waals surface area contributed by atoms with Crippen molar-refractivity contribution in [1.29, 1.82) is 0 Å². The third-order valence-corrected chi connectivity index (χ3v) is 3.03. The van der Waals surface area contributed by atoms with E-state index in [1.165, 1.54) is 25.3 Å². The van der Waals surface area contributed by atoms with Crippen LogP contribution in [0.5, 0.6) is 11.5 Å². The number of halogens is 3. The summed E-state index contributed by atoms with van der Waals surface area (Å²) in [6, 6.07) is 10.6. The lowest BCUT2D eigenvalue weighted by molar-refractivity contribution is -0.0497. The minimum Gasteiger partial charge on any atom is -0.497 e. The fourth-order valence-electron chi connectivity index (χ4n) is 1.74. The predicted molar refractivity (Wildman–Crippen MR) is 79.0 cm³/mol. The van der Waals surface area contributed by atoms with E-state index in [0.717, 1.165) is 0 Å². The van der Waals surface area contributed by atoms with Crippen molar-refractivity contribution >= 4 is 23.2 Å². The third kappa shape index (κ3) is 4.08. The molecule has 0 fully saturated rings. The molecule has 0 heterocycles. The quantitative estimate of drug-likeness (QED) is 0.895. The second-order valence-corrected chi connectivity index (χ2v) is 4.62. The molecule has 0 atom stereocenters. The van der Waals surface area contributed by atoms with Gasteiger partial charge in [0.05, 0.1) is 12.1 Å². The van der Waals surface area contributed by atoms with Crippen LogP contribution < -0.4 is 14.8 Å². The van der Waals surface area contributed by atoms with Crippen LogP contribution in [0.15, 0.2) is 42.5 Å². The molecule has 116 valence electrons. The number of alkyl halides is 2. The monoisotopic (exact) mass is 327 g/mol. The van der Waals surface area contributed by atoms with Crippen molar-refractivity contribution in [1.82, 2.24) is 0 Å². The molecule has 0 radical (unpaired) electrons. The van der Waals surface area contributed by atoms with Gasteiger partial charge in [-0.3, -0.25) is 4.79 Å². The molecule has 0 aliphatic carbocycles. The van der Waals surface area contributed by atoms with E-state index in [9.17, 15) is 13.6 Å². The summed E-state index contributed by atoms with van der Waals surface area (Å²) in [6.07, 6.45) is 0. The minimum atomic E-state index is -2.96. The molecule has 2 aromatic rings. The molecule has 22 heavy (non-hydrogen) atoms. The topological polar surface area (TPSA) is 47.6 Å². The van der Waals surface area contributed by atoms with Crippen molar-refractivity contribution in [3.63, 3.8) is 0 Å². The first-order chi connectivity index (χ1) is 10.5. The molecule has 0 unspecified atom stereocenters. The fraction of sp³-hybridized carbons (Fsp3) is 0.133. The number of methoxy groups -OCH3 is 1. The van der Waals surface area contributed by atoms with E-state index in [-0.39, 0.29) is 16.7 Å². The van der Waals surface area contributed by atoms with Crippen LogP contribution in [0, 0.1) is 0 Å². The average Bonchev–Trinajstić information content (AvgIpc) is 2.49. The number of hydrogen-bond donors (Lipinski definition) is 1. The van der Waals surface area contributed by atoms with Gasteiger partial charge in [0, 0.05) is 11.3 Å². The number of rotatable bonds is 5. The number of hydrogen-bond acceptors (Lipinski definition) is 3. The molecule has 0 saturated heterocycles. The van der Waals surface area contributed by atoms with E-state index in [1.807, 2.05) is 0 Å². The number of ether oxygens (including phenoxy) is 2. The van der Waals surface area contributed by atoms with Crippen LogP contribution in [-0.4, -0.2) is 19.6 Å². The highest BCUT2D eigenvalue weighted by Gasteiger charge is 2.11. The van der Waals surface area contributed by atoms with Gasteiger partial charge in [0.2, 0.25) is 0 Å². The van der Waals surface area contributed by atoms with Gasteiger partial charge in [-0.25, -0.2) is 0 Å². The summed E-state index contributed by atoms with van der Waals surface area (Å²) in [4.78, 5) is 12.1. The number of benzene rings is 2. The predicted octanol–water partition coefficient (Wildman–Crippen LogP) is 4.20. The number of amides is 1. The van der Waals surface area contributed by atoms with Gasteiger partial charge >= 0.3 is 6.61 Å². The molecule has 0 bridgehead atoms. The Balaban J connectivity index is 2.13. The molecule has 1 N–H and O–H groups in total. The summed E-state index contributed by atoms with van der Waals surface area (Å²) in [6.45, 7) is -2.96. The van der Waals surface area contributed by atoms with Crippen LogP contribution in [0.1, 0.15) is 10.4 Å². The van der Waals surface area contributed by atoms with E-state index in [0.29, 0.717) is 17.0 Å². The maximum absolute atomic E-state index is 12.1. The highest BCUT2D eigenvalue weighted by atomic mass is 35.5. The number of carbonyl (C=O) groups is 1.